The summed E-state index contributed by atoms with van der Waals surface area (Å²) in [6, 6.07) is 10.9. The quantitative estimate of drug-likeness (QED) is 0.125. The molecule has 0 bridgehead atoms. The first-order valence-electron chi connectivity index (χ1n) is 18.4. The van der Waals surface area contributed by atoms with Gasteiger partial charge in [-0.1, -0.05) is 42.5 Å². The van der Waals surface area contributed by atoms with E-state index in [2.05, 4.69) is 21.3 Å². The van der Waals surface area contributed by atoms with E-state index >= 15 is 0 Å². The molecule has 0 aromatic heterocycles. The highest BCUT2D eigenvalue weighted by atomic mass is 16.3. The van der Waals surface area contributed by atoms with Crippen LogP contribution in [-0.2, 0) is 41.6 Å². The van der Waals surface area contributed by atoms with E-state index in [1.54, 1.807) is 24.3 Å². The third-order valence-electron chi connectivity index (χ3n) is 11.4. The van der Waals surface area contributed by atoms with Gasteiger partial charge in [-0.05, 0) is 61.8 Å². The highest BCUT2D eigenvalue weighted by Crippen LogP contribution is 2.32. The van der Waals surface area contributed by atoms with Crippen LogP contribution >= 0.6 is 0 Å². The van der Waals surface area contributed by atoms with E-state index in [0.717, 1.165) is 11.1 Å². The molecule has 7 atom stereocenters. The van der Waals surface area contributed by atoms with Crippen LogP contribution in [0.4, 0.5) is 0 Å². The summed E-state index contributed by atoms with van der Waals surface area (Å²) in [6.45, 7) is 0.818. The number of benzene rings is 2. The molecule has 5 saturated heterocycles. The van der Waals surface area contributed by atoms with Crippen molar-refractivity contribution in [3.8, 4) is 5.75 Å². The van der Waals surface area contributed by atoms with Crippen molar-refractivity contribution in [2.45, 2.75) is 80.5 Å². The number of carbonyl (C=O) groups excluding carboxylic acids is 6. The Labute approximate surface area is 311 Å². The Kier molecular flexibility index (Phi) is 10.3. The van der Waals surface area contributed by atoms with Crippen molar-refractivity contribution in [3.63, 3.8) is 0 Å². The maximum Gasteiger partial charge on any atom is 0.282 e. The van der Waals surface area contributed by atoms with Gasteiger partial charge in [0.05, 0.1) is 24.7 Å². The van der Waals surface area contributed by atoms with Crippen LogP contribution in [0.3, 0.4) is 0 Å². The average molecular weight is 744 g/mol. The SMILES string of the molecule is N=C1NC(=O)[C@]2(O)[C@@H](NC(=O)[C@@H]3CCCN3C(=O)[C@H](CN3CCN4[C@H](Cc5ccccc5)C(=O)N[C@@H](Cc5ccc(O)cc5)[C@H]4C3=O)NC=O)CCCN12. The van der Waals surface area contributed by atoms with Crippen LogP contribution in [0.2, 0.25) is 0 Å². The number of nitrogens with zero attached hydrogens (tertiary/aromatic N) is 4. The number of rotatable bonds is 11. The van der Waals surface area contributed by atoms with Crippen molar-refractivity contribution in [1.82, 2.24) is 40.9 Å². The first-order chi connectivity index (χ1) is 26.0. The number of likely N-dealkylation sites (tertiary alicyclic amines) is 1. The lowest BCUT2D eigenvalue weighted by Crippen LogP contribution is -2.74. The third kappa shape index (κ3) is 6.84. The molecule has 5 aliphatic rings. The predicted molar refractivity (Wildman–Crippen MR) is 191 cm³/mol. The molecule has 5 heterocycles. The fourth-order valence-electron chi connectivity index (χ4n) is 8.64. The molecule has 0 saturated carbocycles. The van der Waals surface area contributed by atoms with E-state index in [1.807, 2.05) is 35.2 Å². The van der Waals surface area contributed by atoms with Gasteiger partial charge in [-0.15, -0.1) is 0 Å². The van der Waals surface area contributed by atoms with E-state index in [0.29, 0.717) is 45.1 Å². The van der Waals surface area contributed by atoms with Crippen LogP contribution in [0.15, 0.2) is 54.6 Å². The van der Waals surface area contributed by atoms with Gasteiger partial charge in [0, 0.05) is 26.2 Å². The van der Waals surface area contributed by atoms with Gasteiger partial charge >= 0.3 is 0 Å². The van der Waals surface area contributed by atoms with Crippen LogP contribution in [0.25, 0.3) is 0 Å². The average Bonchev–Trinajstić information content (AvgIpc) is 3.74. The second-order valence-corrected chi connectivity index (χ2v) is 14.6. The lowest BCUT2D eigenvalue weighted by molar-refractivity contribution is -0.161. The summed E-state index contributed by atoms with van der Waals surface area (Å²) in [5, 5.41) is 39.9. The summed E-state index contributed by atoms with van der Waals surface area (Å²) < 4.78 is 0. The fraction of sp³-hybridized carbons (Fsp3) is 0.486. The van der Waals surface area contributed by atoms with Gasteiger partial charge in [-0.25, -0.2) is 0 Å². The first-order valence-corrected chi connectivity index (χ1v) is 18.4. The number of guanidine groups is 1. The van der Waals surface area contributed by atoms with Gasteiger partial charge in [0.25, 0.3) is 5.91 Å². The number of fused-ring (bicyclic) bond motifs is 2. The number of amides is 6. The minimum absolute atomic E-state index is 0.0903. The zero-order valence-electron chi connectivity index (χ0n) is 29.6. The number of hydrogen-bond donors (Lipinski definition) is 7. The van der Waals surface area contributed by atoms with E-state index in [4.69, 9.17) is 5.41 Å². The number of piperidine rings is 1. The number of piperazine rings is 2. The summed E-state index contributed by atoms with van der Waals surface area (Å²) in [6.07, 6.45) is 2.68. The molecule has 0 aliphatic carbocycles. The molecule has 17 heteroatoms. The minimum Gasteiger partial charge on any atom is -0.508 e. The van der Waals surface area contributed by atoms with Crippen molar-refractivity contribution in [3.05, 3.63) is 65.7 Å². The van der Waals surface area contributed by atoms with Crippen molar-refractivity contribution in [2.75, 3.05) is 32.7 Å². The van der Waals surface area contributed by atoms with Crippen LogP contribution in [-0.4, -0.2) is 146 Å². The van der Waals surface area contributed by atoms with E-state index < -0.39 is 59.7 Å². The van der Waals surface area contributed by atoms with Crippen LogP contribution in [0.1, 0.15) is 36.8 Å². The molecule has 0 radical (unpaired) electrons. The molecule has 0 unspecified atom stereocenters. The lowest BCUT2D eigenvalue weighted by atomic mass is 9.88. The molecule has 54 heavy (non-hydrogen) atoms. The zero-order chi connectivity index (χ0) is 38.1. The fourth-order valence-corrected chi connectivity index (χ4v) is 8.64. The molecule has 2 aromatic rings. The number of phenols is 1. The summed E-state index contributed by atoms with van der Waals surface area (Å²) in [7, 11) is 0. The Morgan fingerprint density at radius 2 is 1.69 bits per heavy atom. The number of aliphatic hydroxyl groups is 1. The number of aromatic hydroxyl groups is 1. The van der Waals surface area contributed by atoms with Gasteiger partial charge < -0.3 is 40.9 Å². The molecule has 17 nitrogen and oxygen atoms in total. The number of phenolic OH excluding ortho intramolecular Hbond substituents is 1. The molecule has 0 spiro atoms. The third-order valence-corrected chi connectivity index (χ3v) is 11.4. The van der Waals surface area contributed by atoms with Gasteiger partial charge in [0.1, 0.15) is 23.9 Å². The van der Waals surface area contributed by atoms with Gasteiger partial charge in [0.15, 0.2) is 0 Å². The van der Waals surface area contributed by atoms with Crippen molar-refractivity contribution in [2.24, 2.45) is 0 Å². The molecule has 286 valence electrons. The first kappa shape index (κ1) is 36.8. The largest absolute Gasteiger partial charge is 0.508 e. The summed E-state index contributed by atoms with van der Waals surface area (Å²) in [5.41, 5.74) is -0.380. The van der Waals surface area contributed by atoms with E-state index in [9.17, 15) is 39.0 Å². The van der Waals surface area contributed by atoms with Crippen LogP contribution in [0, 0.1) is 5.41 Å². The lowest BCUT2D eigenvalue weighted by Gasteiger charge is -2.50. The summed E-state index contributed by atoms with van der Waals surface area (Å²) in [4.78, 5) is 86.5. The Hall–Kier alpha value is -5.55. The molecular formula is C37H45N9O8. The molecule has 2 aromatic carbocycles. The maximum atomic E-state index is 14.5. The number of carbonyl (C=O) groups is 6. The Bertz CT molecular complexity index is 1810. The zero-order valence-corrected chi connectivity index (χ0v) is 29.6. The Balaban J connectivity index is 1.08. The molecule has 7 N–H and O–H groups in total. The standard InChI is InChI=1S/C37H45N9O8/c38-36-42-35(53)37(54)29(9-5-15-46(36)37)41-31(49)27-8-4-14-45(27)33(51)26(39-21-47)20-43-16-17-44-28(19-22-6-2-1-3-7-22)32(50)40-25(30(44)34(43)52)18-23-10-12-24(48)13-11-23/h1-3,6-7,10-13,21,25-30,48,54H,4-5,8-9,14-20H2,(H,39,47)(H,40,50)(H,41,49)(H2,38,42,53)/t25-,26-,27-,28+,29-,30-,37+/m0/s1. The van der Waals surface area contributed by atoms with E-state index in [-0.39, 0.29) is 56.1 Å². The molecular weight excluding hydrogens is 698 g/mol. The number of hydrogen-bond acceptors (Lipinski definition) is 10. The molecule has 7 rings (SSSR count). The molecule has 5 fully saturated rings. The van der Waals surface area contributed by atoms with Crippen molar-refractivity contribution in [1.29, 1.82) is 5.41 Å². The van der Waals surface area contributed by atoms with Crippen LogP contribution < -0.4 is 21.3 Å². The Morgan fingerprint density at radius 3 is 2.43 bits per heavy atom. The number of nitrogens with one attached hydrogen (secondary N) is 5. The van der Waals surface area contributed by atoms with Crippen LogP contribution in [0.5, 0.6) is 5.75 Å². The monoisotopic (exact) mass is 743 g/mol. The van der Waals surface area contributed by atoms with Crippen molar-refractivity contribution < 1.29 is 39.0 Å². The van der Waals surface area contributed by atoms with Gasteiger partial charge in [-0.2, -0.15) is 0 Å². The minimum atomic E-state index is -2.12. The van der Waals surface area contributed by atoms with Gasteiger partial charge in [-0.3, -0.25) is 44.4 Å². The second kappa shape index (κ2) is 15.1. The van der Waals surface area contributed by atoms with Gasteiger partial charge in [0.2, 0.25) is 41.7 Å². The van der Waals surface area contributed by atoms with Crippen molar-refractivity contribution >= 4 is 41.9 Å². The summed E-state index contributed by atoms with van der Waals surface area (Å²) in [5.74, 6) is -2.60. The predicted octanol–water partition coefficient (Wildman–Crippen LogP) is -2.00. The maximum absolute atomic E-state index is 14.5. The normalized spacial score (nSPS) is 28.8. The highest BCUT2D eigenvalue weighted by molar-refractivity contribution is 6.07. The highest BCUT2D eigenvalue weighted by Gasteiger charge is 2.58. The van der Waals surface area contributed by atoms with E-state index in [1.165, 1.54) is 14.7 Å². The summed E-state index contributed by atoms with van der Waals surface area (Å²) >= 11 is 0. The second-order valence-electron chi connectivity index (χ2n) is 14.6. The Morgan fingerprint density at radius 1 is 0.963 bits per heavy atom. The molecule has 6 amide bonds. The topological polar surface area (TPSA) is 228 Å². The molecule has 5 aliphatic heterocycles. The smallest absolute Gasteiger partial charge is 0.282 e.